The summed E-state index contributed by atoms with van der Waals surface area (Å²) < 4.78 is 0. The molecule has 2 aliphatic rings. The van der Waals surface area contributed by atoms with Gasteiger partial charge >= 0.3 is 0 Å². The average Bonchev–Trinajstić information content (AvgIpc) is 3.29. The maximum absolute atomic E-state index is 4.68. The SMILES string of the molecule is CCNC(=NCC1CC1)NCCN1c2ccccc2CC1C. The zero-order valence-corrected chi connectivity index (χ0v) is 13.8. The Labute approximate surface area is 134 Å². The summed E-state index contributed by atoms with van der Waals surface area (Å²) in [5, 5.41) is 6.82. The van der Waals surface area contributed by atoms with Gasteiger partial charge < -0.3 is 15.5 Å². The van der Waals surface area contributed by atoms with Gasteiger partial charge in [0.1, 0.15) is 0 Å². The lowest BCUT2D eigenvalue weighted by Gasteiger charge is -2.25. The Balaban J connectivity index is 1.52. The van der Waals surface area contributed by atoms with Crippen LogP contribution in [0.5, 0.6) is 0 Å². The van der Waals surface area contributed by atoms with Crippen molar-refractivity contribution in [2.45, 2.75) is 39.2 Å². The molecule has 0 bridgehead atoms. The molecule has 4 heteroatoms. The molecule has 0 saturated heterocycles. The number of benzene rings is 1. The molecule has 1 atom stereocenters. The molecule has 0 spiro atoms. The van der Waals surface area contributed by atoms with Crippen molar-refractivity contribution in [2.24, 2.45) is 10.9 Å². The van der Waals surface area contributed by atoms with E-state index in [9.17, 15) is 0 Å². The number of hydrogen-bond acceptors (Lipinski definition) is 2. The van der Waals surface area contributed by atoms with Crippen molar-refractivity contribution in [2.75, 3.05) is 31.1 Å². The maximum atomic E-state index is 4.68. The van der Waals surface area contributed by atoms with Crippen LogP contribution in [0.3, 0.4) is 0 Å². The van der Waals surface area contributed by atoms with Crippen molar-refractivity contribution in [3.05, 3.63) is 29.8 Å². The Morgan fingerprint density at radius 2 is 2.09 bits per heavy atom. The van der Waals surface area contributed by atoms with Crippen LogP contribution in [-0.2, 0) is 6.42 Å². The first-order valence-corrected chi connectivity index (χ1v) is 8.64. The lowest BCUT2D eigenvalue weighted by atomic mass is 10.1. The highest BCUT2D eigenvalue weighted by Crippen LogP contribution is 2.31. The predicted octanol–water partition coefficient (Wildman–Crippen LogP) is 2.40. The number of aliphatic imine (C=N–C) groups is 1. The molecule has 0 amide bonds. The quantitative estimate of drug-likeness (QED) is 0.626. The van der Waals surface area contributed by atoms with Crippen molar-refractivity contribution in [3.8, 4) is 0 Å². The Bertz CT molecular complexity index is 522. The third-order valence-corrected chi connectivity index (χ3v) is 4.54. The van der Waals surface area contributed by atoms with Gasteiger partial charge in [0.2, 0.25) is 0 Å². The fraction of sp³-hybridized carbons (Fsp3) is 0.611. The summed E-state index contributed by atoms with van der Waals surface area (Å²) in [4.78, 5) is 7.19. The van der Waals surface area contributed by atoms with Gasteiger partial charge in [0, 0.05) is 37.9 Å². The number of fused-ring (bicyclic) bond motifs is 1. The summed E-state index contributed by atoms with van der Waals surface area (Å²) in [6.45, 7) is 8.26. The number of nitrogens with zero attached hydrogens (tertiary/aromatic N) is 2. The summed E-state index contributed by atoms with van der Waals surface area (Å²) in [5.74, 6) is 1.80. The average molecular weight is 300 g/mol. The van der Waals surface area contributed by atoms with E-state index >= 15 is 0 Å². The van der Waals surface area contributed by atoms with Crippen molar-refractivity contribution in [3.63, 3.8) is 0 Å². The first kappa shape index (κ1) is 15.2. The van der Waals surface area contributed by atoms with E-state index < -0.39 is 0 Å². The molecule has 2 N–H and O–H groups in total. The van der Waals surface area contributed by atoms with Crippen molar-refractivity contribution in [1.82, 2.24) is 10.6 Å². The molecule has 4 nitrogen and oxygen atoms in total. The molecule has 1 unspecified atom stereocenters. The number of hydrogen-bond donors (Lipinski definition) is 2. The van der Waals surface area contributed by atoms with Crippen LogP contribution in [0.25, 0.3) is 0 Å². The van der Waals surface area contributed by atoms with Crippen LogP contribution >= 0.6 is 0 Å². The van der Waals surface area contributed by atoms with Gasteiger partial charge in [-0.2, -0.15) is 0 Å². The predicted molar refractivity (Wildman–Crippen MR) is 93.7 cm³/mol. The van der Waals surface area contributed by atoms with Crippen LogP contribution in [0.1, 0.15) is 32.3 Å². The standard InChI is InChI=1S/C18H28N4/c1-3-19-18(21-13-15-8-9-15)20-10-11-22-14(2)12-16-6-4-5-7-17(16)22/h4-7,14-15H,3,8-13H2,1-2H3,(H2,19,20,21). The van der Waals surface area contributed by atoms with Gasteiger partial charge in [-0.1, -0.05) is 18.2 Å². The third-order valence-electron chi connectivity index (χ3n) is 4.54. The Kier molecular flexibility index (Phi) is 4.86. The molecule has 120 valence electrons. The molecule has 1 aliphatic carbocycles. The van der Waals surface area contributed by atoms with Crippen LogP contribution in [0.4, 0.5) is 5.69 Å². The van der Waals surface area contributed by atoms with Crippen LogP contribution in [-0.4, -0.2) is 38.2 Å². The number of rotatable bonds is 6. The molecule has 1 fully saturated rings. The normalized spacial score (nSPS) is 20.9. The van der Waals surface area contributed by atoms with Gasteiger partial charge in [-0.05, 0) is 50.7 Å². The van der Waals surface area contributed by atoms with E-state index in [1.54, 1.807) is 0 Å². The zero-order chi connectivity index (χ0) is 15.4. The largest absolute Gasteiger partial charge is 0.367 e. The number of para-hydroxylation sites is 1. The van der Waals surface area contributed by atoms with E-state index in [4.69, 9.17) is 0 Å². The molecular weight excluding hydrogens is 272 g/mol. The second kappa shape index (κ2) is 7.03. The summed E-state index contributed by atoms with van der Waals surface area (Å²) in [6, 6.07) is 9.36. The molecule has 0 aromatic heterocycles. The van der Waals surface area contributed by atoms with Gasteiger partial charge in [0.05, 0.1) is 0 Å². The molecule has 22 heavy (non-hydrogen) atoms. The first-order chi connectivity index (χ1) is 10.8. The van der Waals surface area contributed by atoms with Gasteiger partial charge in [0.25, 0.3) is 0 Å². The van der Waals surface area contributed by atoms with Crippen molar-refractivity contribution >= 4 is 11.6 Å². The minimum atomic E-state index is 0.588. The van der Waals surface area contributed by atoms with Crippen LogP contribution < -0.4 is 15.5 Å². The van der Waals surface area contributed by atoms with Gasteiger partial charge in [-0.25, -0.2) is 0 Å². The second-order valence-corrected chi connectivity index (χ2v) is 6.47. The van der Waals surface area contributed by atoms with E-state index in [-0.39, 0.29) is 0 Å². The number of nitrogens with one attached hydrogen (secondary N) is 2. The summed E-state index contributed by atoms with van der Waals surface area (Å²) in [7, 11) is 0. The molecule has 3 rings (SSSR count). The van der Waals surface area contributed by atoms with E-state index in [0.717, 1.165) is 44.5 Å². The molecule has 1 saturated carbocycles. The van der Waals surface area contributed by atoms with E-state index in [2.05, 4.69) is 58.6 Å². The molecule has 1 aliphatic heterocycles. The zero-order valence-electron chi connectivity index (χ0n) is 13.8. The smallest absolute Gasteiger partial charge is 0.191 e. The molecule has 0 radical (unpaired) electrons. The highest BCUT2D eigenvalue weighted by molar-refractivity contribution is 5.79. The van der Waals surface area contributed by atoms with Crippen LogP contribution in [0.2, 0.25) is 0 Å². The Morgan fingerprint density at radius 1 is 1.27 bits per heavy atom. The fourth-order valence-electron chi connectivity index (χ4n) is 3.13. The van der Waals surface area contributed by atoms with Crippen LogP contribution in [0, 0.1) is 5.92 Å². The topological polar surface area (TPSA) is 39.7 Å². The Morgan fingerprint density at radius 3 is 2.86 bits per heavy atom. The minimum absolute atomic E-state index is 0.588. The first-order valence-electron chi connectivity index (χ1n) is 8.64. The molecular formula is C18H28N4. The molecule has 1 aromatic carbocycles. The maximum Gasteiger partial charge on any atom is 0.191 e. The van der Waals surface area contributed by atoms with Gasteiger partial charge in [-0.15, -0.1) is 0 Å². The van der Waals surface area contributed by atoms with Crippen molar-refractivity contribution in [1.29, 1.82) is 0 Å². The second-order valence-electron chi connectivity index (χ2n) is 6.47. The highest BCUT2D eigenvalue weighted by atomic mass is 15.2. The summed E-state index contributed by atoms with van der Waals surface area (Å²) >= 11 is 0. The van der Waals surface area contributed by atoms with Crippen LogP contribution in [0.15, 0.2) is 29.3 Å². The lowest BCUT2D eigenvalue weighted by Crippen LogP contribution is -2.43. The molecule has 1 heterocycles. The summed E-state index contributed by atoms with van der Waals surface area (Å²) in [5.41, 5.74) is 2.88. The fourth-order valence-corrected chi connectivity index (χ4v) is 3.13. The van der Waals surface area contributed by atoms with Crippen molar-refractivity contribution < 1.29 is 0 Å². The van der Waals surface area contributed by atoms with Gasteiger partial charge in [-0.3, -0.25) is 4.99 Å². The monoisotopic (exact) mass is 300 g/mol. The van der Waals surface area contributed by atoms with E-state index in [1.165, 1.54) is 24.1 Å². The molecule has 1 aromatic rings. The lowest BCUT2D eigenvalue weighted by molar-refractivity contribution is 0.656. The van der Waals surface area contributed by atoms with Gasteiger partial charge in [0.15, 0.2) is 5.96 Å². The van der Waals surface area contributed by atoms with E-state index in [1.807, 2.05) is 0 Å². The summed E-state index contributed by atoms with van der Waals surface area (Å²) in [6.07, 6.45) is 3.86. The third kappa shape index (κ3) is 3.73. The minimum Gasteiger partial charge on any atom is -0.367 e. The highest BCUT2D eigenvalue weighted by Gasteiger charge is 2.25. The number of guanidine groups is 1. The van der Waals surface area contributed by atoms with E-state index in [0.29, 0.717) is 6.04 Å². The number of anilines is 1. The Hall–Kier alpha value is -1.71.